The topological polar surface area (TPSA) is 41.3 Å². The molecule has 3 nitrogen and oxygen atoms in total. The lowest BCUT2D eigenvalue weighted by molar-refractivity contribution is 0.213. The van der Waals surface area contributed by atoms with Gasteiger partial charge in [-0.25, -0.2) is 5.43 Å². The van der Waals surface area contributed by atoms with Gasteiger partial charge in [-0.05, 0) is 25.8 Å². The first kappa shape index (κ1) is 9.34. The van der Waals surface area contributed by atoms with Crippen molar-refractivity contribution in [3.63, 3.8) is 0 Å². The summed E-state index contributed by atoms with van der Waals surface area (Å²) in [4.78, 5) is 0. The maximum Gasteiger partial charge on any atom is 0.0669 e. The Labute approximate surface area is 84.9 Å². The Kier molecular flexibility index (Phi) is 2.33. The Morgan fingerprint density at radius 3 is 3.07 bits per heavy atom. The minimum Gasteiger partial charge on any atom is -0.401 e. The van der Waals surface area contributed by atoms with Crippen molar-refractivity contribution in [1.82, 2.24) is 10.4 Å². The van der Waals surface area contributed by atoms with E-state index in [2.05, 4.69) is 42.5 Å². The fraction of sp³-hybridized carbons (Fsp3) is 0.455. The van der Waals surface area contributed by atoms with Gasteiger partial charge in [-0.15, -0.1) is 0 Å². The van der Waals surface area contributed by atoms with Gasteiger partial charge in [0.05, 0.1) is 12.6 Å². The minimum absolute atomic E-state index is 0.416. The van der Waals surface area contributed by atoms with Crippen molar-refractivity contribution < 1.29 is 0 Å². The molecule has 3 N–H and O–H groups in total. The zero-order chi connectivity index (χ0) is 10.1. The number of nitrogens with two attached hydrogens (primary N) is 1. The number of nitrogens with one attached hydrogen (secondary N) is 1. The third kappa shape index (κ3) is 1.55. The van der Waals surface area contributed by atoms with Crippen LogP contribution >= 0.6 is 0 Å². The van der Waals surface area contributed by atoms with E-state index in [4.69, 9.17) is 5.73 Å². The van der Waals surface area contributed by atoms with Crippen LogP contribution in [0.25, 0.3) is 0 Å². The number of hydrogen-bond donors (Lipinski definition) is 2. The molecule has 14 heavy (non-hydrogen) atoms. The van der Waals surface area contributed by atoms with E-state index < -0.39 is 0 Å². The van der Waals surface area contributed by atoms with Crippen LogP contribution in [-0.2, 0) is 0 Å². The second-order valence-corrected chi connectivity index (χ2v) is 3.91. The van der Waals surface area contributed by atoms with Gasteiger partial charge in [0.15, 0.2) is 0 Å². The van der Waals surface area contributed by atoms with Crippen molar-refractivity contribution >= 4 is 0 Å². The van der Waals surface area contributed by atoms with E-state index in [1.165, 1.54) is 11.3 Å². The lowest BCUT2D eigenvalue weighted by Crippen LogP contribution is -2.44. The van der Waals surface area contributed by atoms with Gasteiger partial charge in [-0.2, -0.15) is 0 Å². The predicted octanol–water partition coefficient (Wildman–Crippen LogP) is 1.27. The molecule has 0 aromatic heterocycles. The zero-order valence-electron chi connectivity index (χ0n) is 8.75. The molecule has 76 valence electrons. The number of allylic oxidation sites excluding steroid dienone is 3. The van der Waals surface area contributed by atoms with E-state index in [-0.39, 0.29) is 0 Å². The van der Waals surface area contributed by atoms with Crippen LogP contribution in [0.3, 0.4) is 0 Å². The molecule has 0 spiro atoms. The first-order valence-electron chi connectivity index (χ1n) is 5.01. The quantitative estimate of drug-likeness (QED) is 0.606. The molecule has 2 rings (SSSR count). The van der Waals surface area contributed by atoms with Crippen molar-refractivity contribution in [3.05, 3.63) is 35.2 Å². The van der Waals surface area contributed by atoms with E-state index in [0.29, 0.717) is 6.04 Å². The molecule has 3 heteroatoms. The average molecular weight is 191 g/mol. The van der Waals surface area contributed by atoms with Crippen LogP contribution in [0.4, 0.5) is 0 Å². The second-order valence-electron chi connectivity index (χ2n) is 3.91. The molecule has 1 atom stereocenters. The summed E-state index contributed by atoms with van der Waals surface area (Å²) >= 11 is 0. The first-order valence-corrected chi connectivity index (χ1v) is 5.01. The predicted molar refractivity (Wildman–Crippen MR) is 58.0 cm³/mol. The molecule has 0 aromatic carbocycles. The van der Waals surface area contributed by atoms with Gasteiger partial charge in [-0.1, -0.05) is 18.2 Å². The molecular formula is C11H17N3. The lowest BCUT2D eigenvalue weighted by atomic mass is 10.0. The Morgan fingerprint density at radius 1 is 1.50 bits per heavy atom. The second kappa shape index (κ2) is 3.50. The van der Waals surface area contributed by atoms with E-state index in [0.717, 1.165) is 18.7 Å². The van der Waals surface area contributed by atoms with Crippen molar-refractivity contribution in [1.29, 1.82) is 0 Å². The fourth-order valence-electron chi connectivity index (χ4n) is 1.84. The highest BCUT2D eigenvalue weighted by atomic mass is 15.5. The van der Waals surface area contributed by atoms with Gasteiger partial charge in [0.1, 0.15) is 0 Å². The van der Waals surface area contributed by atoms with Gasteiger partial charge in [0.2, 0.25) is 0 Å². The van der Waals surface area contributed by atoms with E-state index >= 15 is 0 Å². The summed E-state index contributed by atoms with van der Waals surface area (Å²) < 4.78 is 0. The van der Waals surface area contributed by atoms with Crippen LogP contribution in [0, 0.1) is 0 Å². The standard InChI is InChI=1S/C11H17N3/c1-8-3-5-11-6-4-10(12)7-13-14(11)9(8)2/h3-5,11,13H,6-7,12H2,1-2H3/t11-/m0/s1. The molecule has 0 aromatic rings. The van der Waals surface area contributed by atoms with E-state index in [1.54, 1.807) is 0 Å². The van der Waals surface area contributed by atoms with Gasteiger partial charge in [-0.3, -0.25) is 0 Å². The van der Waals surface area contributed by atoms with Gasteiger partial charge >= 0.3 is 0 Å². The van der Waals surface area contributed by atoms with Crippen molar-refractivity contribution in [3.8, 4) is 0 Å². The summed E-state index contributed by atoms with van der Waals surface area (Å²) in [7, 11) is 0. The maximum absolute atomic E-state index is 5.80. The summed E-state index contributed by atoms with van der Waals surface area (Å²) in [5.41, 5.74) is 12.7. The summed E-state index contributed by atoms with van der Waals surface area (Å²) in [6.45, 7) is 5.01. The van der Waals surface area contributed by atoms with Gasteiger partial charge in [0, 0.05) is 11.4 Å². The Balaban J connectivity index is 2.24. The smallest absolute Gasteiger partial charge is 0.0669 e. The maximum atomic E-state index is 5.80. The largest absolute Gasteiger partial charge is 0.401 e. The number of nitrogens with zero attached hydrogens (tertiary/aromatic N) is 1. The molecule has 0 amide bonds. The molecule has 2 heterocycles. The number of fused-ring (bicyclic) bond motifs is 1. The number of hydrazine groups is 1. The number of rotatable bonds is 0. The van der Waals surface area contributed by atoms with E-state index in [1.807, 2.05) is 0 Å². The van der Waals surface area contributed by atoms with Crippen LogP contribution in [-0.4, -0.2) is 17.6 Å². The third-order valence-electron chi connectivity index (χ3n) is 2.91. The Bertz CT molecular complexity index is 325. The highest BCUT2D eigenvalue weighted by molar-refractivity contribution is 5.29. The minimum atomic E-state index is 0.416. The summed E-state index contributed by atoms with van der Waals surface area (Å²) in [6, 6.07) is 0.416. The SMILES string of the molecule is CC1=C(C)N2NCC(N)=CC[C@@H]2C=C1. The third-order valence-corrected chi connectivity index (χ3v) is 2.91. The molecule has 0 unspecified atom stereocenters. The molecule has 2 aliphatic heterocycles. The van der Waals surface area contributed by atoms with Crippen molar-refractivity contribution in [2.75, 3.05) is 6.54 Å². The lowest BCUT2D eigenvalue weighted by Gasteiger charge is -2.34. The molecule has 0 saturated carbocycles. The molecule has 0 aliphatic carbocycles. The van der Waals surface area contributed by atoms with Crippen LogP contribution in [0.2, 0.25) is 0 Å². The van der Waals surface area contributed by atoms with Crippen LogP contribution in [0.1, 0.15) is 20.3 Å². The molecule has 0 saturated heterocycles. The van der Waals surface area contributed by atoms with Crippen molar-refractivity contribution in [2.45, 2.75) is 26.3 Å². The monoisotopic (exact) mass is 191 g/mol. The summed E-state index contributed by atoms with van der Waals surface area (Å²) in [5.74, 6) is 0. The van der Waals surface area contributed by atoms with Crippen LogP contribution < -0.4 is 11.2 Å². The Hall–Kier alpha value is -1.22. The molecular weight excluding hydrogens is 174 g/mol. The highest BCUT2D eigenvalue weighted by Gasteiger charge is 2.21. The number of hydrogen-bond acceptors (Lipinski definition) is 3. The fourth-order valence-corrected chi connectivity index (χ4v) is 1.84. The van der Waals surface area contributed by atoms with Crippen molar-refractivity contribution in [2.24, 2.45) is 5.73 Å². The summed E-state index contributed by atoms with van der Waals surface area (Å²) in [6.07, 6.45) is 7.51. The molecule has 0 bridgehead atoms. The van der Waals surface area contributed by atoms with Gasteiger partial charge < -0.3 is 10.7 Å². The van der Waals surface area contributed by atoms with Crippen LogP contribution in [0.5, 0.6) is 0 Å². The molecule has 2 aliphatic rings. The van der Waals surface area contributed by atoms with Crippen LogP contribution in [0.15, 0.2) is 35.2 Å². The Morgan fingerprint density at radius 2 is 2.29 bits per heavy atom. The highest BCUT2D eigenvalue weighted by Crippen LogP contribution is 2.22. The molecule has 0 fully saturated rings. The average Bonchev–Trinajstić information content (AvgIpc) is 2.35. The molecule has 0 radical (unpaired) electrons. The normalized spacial score (nSPS) is 27.1. The first-order chi connectivity index (χ1) is 6.68. The summed E-state index contributed by atoms with van der Waals surface area (Å²) in [5, 5.41) is 2.21. The zero-order valence-corrected chi connectivity index (χ0v) is 8.75. The van der Waals surface area contributed by atoms with Gasteiger partial charge in [0.25, 0.3) is 0 Å². The van der Waals surface area contributed by atoms with E-state index in [9.17, 15) is 0 Å².